The van der Waals surface area contributed by atoms with Crippen LogP contribution in [-0.2, 0) is 6.42 Å². The van der Waals surface area contributed by atoms with Gasteiger partial charge < -0.3 is 15.3 Å². The summed E-state index contributed by atoms with van der Waals surface area (Å²) in [7, 11) is 0. The Morgan fingerprint density at radius 2 is 2.00 bits per heavy atom. The summed E-state index contributed by atoms with van der Waals surface area (Å²) in [6, 6.07) is 7.43. The van der Waals surface area contributed by atoms with Crippen LogP contribution in [0.25, 0.3) is 0 Å². The quantitative estimate of drug-likeness (QED) is 0.436. The summed E-state index contributed by atoms with van der Waals surface area (Å²) >= 11 is 0. The molecule has 0 amide bonds. The van der Waals surface area contributed by atoms with E-state index in [2.05, 4.69) is 31.0 Å². The summed E-state index contributed by atoms with van der Waals surface area (Å²) in [4.78, 5) is 7.17. The lowest BCUT2D eigenvalue weighted by Crippen LogP contribution is -2.48. The Hall–Kier alpha value is -0.980. The van der Waals surface area contributed by atoms with E-state index < -0.39 is 0 Å². The van der Waals surface area contributed by atoms with Crippen LogP contribution in [-0.4, -0.2) is 42.1 Å². The third-order valence-corrected chi connectivity index (χ3v) is 4.08. The Morgan fingerprint density at radius 3 is 2.61 bits per heavy atom. The van der Waals surface area contributed by atoms with Gasteiger partial charge in [0.15, 0.2) is 5.96 Å². The van der Waals surface area contributed by atoms with Crippen molar-refractivity contribution in [2.45, 2.75) is 33.6 Å². The molecule has 2 N–H and O–H groups in total. The number of aliphatic imine (C=N–C) groups is 1. The molecular formula is C18H30IN3O. The second-order valence-electron chi connectivity index (χ2n) is 6.51. The molecule has 0 aromatic heterocycles. The van der Waals surface area contributed by atoms with E-state index in [1.165, 1.54) is 6.42 Å². The van der Waals surface area contributed by atoms with Crippen molar-refractivity contribution in [2.24, 2.45) is 16.8 Å². The molecule has 1 aromatic rings. The number of halogens is 1. The van der Waals surface area contributed by atoms with Gasteiger partial charge in [-0.15, -0.1) is 24.0 Å². The minimum atomic E-state index is 0. The zero-order chi connectivity index (χ0) is 15.9. The van der Waals surface area contributed by atoms with Gasteiger partial charge >= 0.3 is 0 Å². The lowest BCUT2D eigenvalue weighted by Gasteiger charge is -2.37. The third kappa shape index (κ3) is 6.57. The molecule has 130 valence electrons. The largest absolute Gasteiger partial charge is 0.508 e. The van der Waals surface area contributed by atoms with Crippen molar-refractivity contribution in [2.75, 3.05) is 26.2 Å². The topological polar surface area (TPSA) is 47.9 Å². The Morgan fingerprint density at radius 1 is 1.30 bits per heavy atom. The van der Waals surface area contributed by atoms with Crippen molar-refractivity contribution in [3.63, 3.8) is 0 Å². The van der Waals surface area contributed by atoms with Gasteiger partial charge in [-0.05, 0) is 49.3 Å². The van der Waals surface area contributed by atoms with Gasteiger partial charge in [-0.3, -0.25) is 4.99 Å². The monoisotopic (exact) mass is 431 g/mol. The maximum atomic E-state index is 9.51. The first kappa shape index (κ1) is 20.1. The van der Waals surface area contributed by atoms with E-state index in [-0.39, 0.29) is 24.0 Å². The first-order valence-electron chi connectivity index (χ1n) is 8.39. The summed E-state index contributed by atoms with van der Waals surface area (Å²) in [5, 5.41) is 12.9. The maximum absolute atomic E-state index is 9.51. The van der Waals surface area contributed by atoms with Gasteiger partial charge in [0.25, 0.3) is 0 Å². The Balaban J connectivity index is 0.00000264. The zero-order valence-electron chi connectivity index (χ0n) is 14.5. The van der Waals surface area contributed by atoms with Crippen molar-refractivity contribution in [1.29, 1.82) is 0 Å². The second-order valence-corrected chi connectivity index (χ2v) is 6.51. The van der Waals surface area contributed by atoms with Crippen LogP contribution in [0.3, 0.4) is 0 Å². The fourth-order valence-electron chi connectivity index (χ4n) is 3.26. The summed E-state index contributed by atoms with van der Waals surface area (Å²) in [6.45, 7) is 10.6. The van der Waals surface area contributed by atoms with Crippen molar-refractivity contribution < 1.29 is 5.11 Å². The van der Waals surface area contributed by atoms with E-state index in [4.69, 9.17) is 4.99 Å². The van der Waals surface area contributed by atoms with Crippen LogP contribution in [0.15, 0.2) is 29.3 Å². The number of rotatable bonds is 4. The highest BCUT2D eigenvalue weighted by atomic mass is 127. The van der Waals surface area contributed by atoms with Gasteiger partial charge in [0.1, 0.15) is 5.75 Å². The Bertz CT molecular complexity index is 497. The summed E-state index contributed by atoms with van der Waals surface area (Å²) in [6.07, 6.45) is 2.15. The predicted octanol–water partition coefficient (Wildman–Crippen LogP) is 3.50. The van der Waals surface area contributed by atoms with Crippen LogP contribution in [0.5, 0.6) is 5.75 Å². The predicted molar refractivity (Wildman–Crippen MR) is 108 cm³/mol. The second kappa shape index (κ2) is 10.0. The molecule has 23 heavy (non-hydrogen) atoms. The molecule has 2 rings (SSSR count). The Labute approximate surface area is 157 Å². The average Bonchev–Trinajstić information content (AvgIpc) is 2.45. The van der Waals surface area contributed by atoms with Crippen LogP contribution in [0, 0.1) is 11.8 Å². The minimum Gasteiger partial charge on any atom is -0.508 e. The highest BCUT2D eigenvalue weighted by Gasteiger charge is 2.23. The minimum absolute atomic E-state index is 0. The van der Waals surface area contributed by atoms with Crippen LogP contribution >= 0.6 is 24.0 Å². The van der Waals surface area contributed by atoms with E-state index in [0.717, 1.165) is 56.0 Å². The van der Waals surface area contributed by atoms with Crippen LogP contribution in [0.4, 0.5) is 0 Å². The van der Waals surface area contributed by atoms with E-state index >= 15 is 0 Å². The van der Waals surface area contributed by atoms with Crippen molar-refractivity contribution >= 4 is 29.9 Å². The maximum Gasteiger partial charge on any atom is 0.193 e. The van der Waals surface area contributed by atoms with Gasteiger partial charge in [0.05, 0.1) is 0 Å². The van der Waals surface area contributed by atoms with Crippen LogP contribution in [0.2, 0.25) is 0 Å². The highest BCUT2D eigenvalue weighted by Crippen LogP contribution is 2.21. The van der Waals surface area contributed by atoms with Crippen molar-refractivity contribution in [1.82, 2.24) is 10.2 Å². The number of nitrogens with one attached hydrogen (secondary N) is 1. The number of piperidine rings is 1. The molecule has 1 heterocycles. The molecule has 0 spiro atoms. The standard InChI is InChI=1S/C18H29N3O.HI/c1-4-19-18(21-12-14(2)10-15(3)13-21)20-9-8-16-6-5-7-17(22)11-16;/h5-7,11,14-15,22H,4,8-10,12-13H2,1-3H3,(H,19,20);1H. The zero-order valence-corrected chi connectivity index (χ0v) is 16.8. The molecule has 5 heteroatoms. The number of phenolic OH excluding ortho intramolecular Hbond substituents is 1. The first-order valence-corrected chi connectivity index (χ1v) is 8.39. The van der Waals surface area contributed by atoms with E-state index in [9.17, 15) is 5.11 Å². The van der Waals surface area contributed by atoms with E-state index in [1.807, 2.05) is 18.2 Å². The van der Waals surface area contributed by atoms with Crippen LogP contribution < -0.4 is 5.32 Å². The molecule has 2 atom stereocenters. The van der Waals surface area contributed by atoms with Crippen molar-refractivity contribution in [3.8, 4) is 5.75 Å². The number of hydrogen-bond acceptors (Lipinski definition) is 2. The molecule has 1 saturated heterocycles. The molecule has 0 saturated carbocycles. The van der Waals surface area contributed by atoms with E-state index in [1.54, 1.807) is 6.07 Å². The fourth-order valence-corrected chi connectivity index (χ4v) is 3.26. The molecule has 0 radical (unpaired) electrons. The lowest BCUT2D eigenvalue weighted by atomic mass is 9.92. The number of benzene rings is 1. The number of guanidine groups is 1. The molecule has 1 aliphatic rings. The lowest BCUT2D eigenvalue weighted by molar-refractivity contribution is 0.208. The molecule has 1 aromatic carbocycles. The third-order valence-electron chi connectivity index (χ3n) is 4.08. The smallest absolute Gasteiger partial charge is 0.193 e. The normalized spacial score (nSPS) is 21.7. The molecule has 0 aliphatic carbocycles. The van der Waals surface area contributed by atoms with Gasteiger partial charge in [-0.2, -0.15) is 0 Å². The van der Waals surface area contributed by atoms with E-state index in [0.29, 0.717) is 5.75 Å². The summed E-state index contributed by atoms with van der Waals surface area (Å²) in [5.74, 6) is 2.80. The van der Waals surface area contributed by atoms with Crippen molar-refractivity contribution in [3.05, 3.63) is 29.8 Å². The summed E-state index contributed by atoms with van der Waals surface area (Å²) in [5.41, 5.74) is 1.12. The van der Waals surface area contributed by atoms with Gasteiger partial charge in [0.2, 0.25) is 0 Å². The van der Waals surface area contributed by atoms with Crippen LogP contribution in [0.1, 0.15) is 32.8 Å². The molecule has 0 bridgehead atoms. The fraction of sp³-hybridized carbons (Fsp3) is 0.611. The number of likely N-dealkylation sites (tertiary alicyclic amines) is 1. The SMILES string of the molecule is CCNC(=NCCc1cccc(O)c1)N1CC(C)CC(C)C1.I. The first-order chi connectivity index (χ1) is 10.6. The molecule has 4 nitrogen and oxygen atoms in total. The number of phenols is 1. The molecule has 2 unspecified atom stereocenters. The number of nitrogens with zero attached hydrogens (tertiary/aromatic N) is 2. The Kier molecular flexibility index (Phi) is 8.73. The highest BCUT2D eigenvalue weighted by molar-refractivity contribution is 14.0. The van der Waals surface area contributed by atoms with Gasteiger partial charge in [-0.25, -0.2) is 0 Å². The molecule has 1 fully saturated rings. The molecular weight excluding hydrogens is 401 g/mol. The average molecular weight is 431 g/mol. The van der Waals surface area contributed by atoms with Gasteiger partial charge in [0, 0.05) is 26.2 Å². The summed E-state index contributed by atoms with van der Waals surface area (Å²) < 4.78 is 0. The van der Waals surface area contributed by atoms with Gasteiger partial charge in [-0.1, -0.05) is 26.0 Å². The molecule has 1 aliphatic heterocycles. The number of hydrogen-bond donors (Lipinski definition) is 2. The number of aromatic hydroxyl groups is 1.